The van der Waals surface area contributed by atoms with Crippen LogP contribution in [-0.2, 0) is 24.9 Å². The van der Waals surface area contributed by atoms with Gasteiger partial charge in [-0.05, 0) is 47.7 Å². The Morgan fingerprint density at radius 2 is 1.49 bits per heavy atom. The minimum Gasteiger partial charge on any atom is -0.475 e. The molecule has 15 heteroatoms. The third-order valence-electron chi connectivity index (χ3n) is 7.66. The largest absolute Gasteiger partial charge is 0.490 e. The van der Waals surface area contributed by atoms with Gasteiger partial charge in [0.15, 0.2) is 11.2 Å². The number of aromatic nitrogens is 4. The number of carboxylic acid groups (broad SMARTS) is 1. The average molecular weight is 607 g/mol. The molecule has 2 aromatic carbocycles. The van der Waals surface area contributed by atoms with Crippen LogP contribution in [0.15, 0.2) is 58.1 Å². The monoisotopic (exact) mass is 606 g/mol. The van der Waals surface area contributed by atoms with Crippen molar-refractivity contribution in [3.63, 3.8) is 0 Å². The molecule has 0 bridgehead atoms. The van der Waals surface area contributed by atoms with Crippen molar-refractivity contribution in [2.24, 2.45) is 13.0 Å². The van der Waals surface area contributed by atoms with Crippen molar-refractivity contribution in [3.8, 4) is 0 Å². The highest BCUT2D eigenvalue weighted by Crippen LogP contribution is 2.33. The zero-order chi connectivity index (χ0) is 31.1. The summed E-state index contributed by atoms with van der Waals surface area (Å²) in [5.74, 6) is -2.34. The first-order valence-corrected chi connectivity index (χ1v) is 13.3. The van der Waals surface area contributed by atoms with Gasteiger partial charge in [0.25, 0.3) is 5.56 Å². The molecule has 2 unspecified atom stereocenters. The van der Waals surface area contributed by atoms with Gasteiger partial charge in [-0.1, -0.05) is 24.3 Å². The number of benzene rings is 2. The molecule has 0 radical (unpaired) electrons. The Morgan fingerprint density at radius 1 is 0.953 bits per heavy atom. The second-order valence-corrected chi connectivity index (χ2v) is 10.4. The van der Waals surface area contributed by atoms with Gasteiger partial charge in [0, 0.05) is 32.7 Å². The van der Waals surface area contributed by atoms with E-state index in [1.54, 1.807) is 31.3 Å². The van der Waals surface area contributed by atoms with Crippen molar-refractivity contribution in [2.45, 2.75) is 31.7 Å². The number of aliphatic carboxylic acids is 1. The predicted molar refractivity (Wildman–Crippen MR) is 146 cm³/mol. The number of fused-ring (bicyclic) bond motifs is 2. The topological polar surface area (TPSA) is 114 Å². The van der Waals surface area contributed by atoms with E-state index in [4.69, 9.17) is 14.9 Å². The van der Waals surface area contributed by atoms with Crippen LogP contribution in [0.1, 0.15) is 17.5 Å². The van der Waals surface area contributed by atoms with E-state index in [-0.39, 0.29) is 24.2 Å². The number of imidazole rings is 1. The second-order valence-electron chi connectivity index (χ2n) is 10.4. The van der Waals surface area contributed by atoms with E-state index < -0.39 is 23.4 Å². The summed E-state index contributed by atoms with van der Waals surface area (Å²) in [6.45, 7) is 2.90. The van der Waals surface area contributed by atoms with Crippen LogP contribution in [0, 0.1) is 17.6 Å². The fraction of sp³-hybridized carbons (Fsp3) is 0.357. The van der Waals surface area contributed by atoms with Crippen LogP contribution in [0.5, 0.6) is 0 Å². The fourth-order valence-electron chi connectivity index (χ4n) is 5.51. The van der Waals surface area contributed by atoms with E-state index in [2.05, 4.69) is 10.2 Å². The SMILES string of the molecule is Cn1c(=O)n(Cc2ccc(F)cc2)c(=O)c2c1nc(N1CCC3CNCC31)n2Cc1ccc(F)cc1.O=C(O)C(F)(F)F. The predicted octanol–water partition coefficient (Wildman–Crippen LogP) is 2.70. The van der Waals surface area contributed by atoms with Crippen LogP contribution < -0.4 is 21.5 Å². The number of hydrogen-bond acceptors (Lipinski definition) is 6. The van der Waals surface area contributed by atoms with E-state index in [1.165, 1.54) is 28.8 Å². The molecule has 0 spiro atoms. The van der Waals surface area contributed by atoms with E-state index in [0.717, 1.165) is 36.2 Å². The van der Waals surface area contributed by atoms with E-state index in [9.17, 15) is 31.5 Å². The summed E-state index contributed by atoms with van der Waals surface area (Å²) in [5, 5.41) is 10.6. The van der Waals surface area contributed by atoms with Crippen LogP contribution in [0.25, 0.3) is 11.2 Å². The lowest BCUT2D eigenvalue weighted by molar-refractivity contribution is -0.192. The first-order chi connectivity index (χ1) is 20.3. The molecule has 2 atom stereocenters. The third kappa shape index (κ3) is 6.02. The summed E-state index contributed by atoms with van der Waals surface area (Å²) in [7, 11) is 1.61. The van der Waals surface area contributed by atoms with Gasteiger partial charge < -0.3 is 15.3 Å². The zero-order valence-electron chi connectivity index (χ0n) is 22.8. The number of hydrogen-bond donors (Lipinski definition) is 2. The number of aryl methyl sites for hydroxylation is 1. The highest BCUT2D eigenvalue weighted by molar-refractivity contribution is 5.75. The minimum atomic E-state index is -5.08. The van der Waals surface area contributed by atoms with Crippen molar-refractivity contribution in [3.05, 3.63) is 92.1 Å². The minimum absolute atomic E-state index is 0.0110. The Kier molecular flexibility index (Phi) is 8.10. The molecule has 2 aromatic heterocycles. The molecule has 2 N–H and O–H groups in total. The maximum absolute atomic E-state index is 13.8. The van der Waals surface area contributed by atoms with Gasteiger partial charge in [-0.15, -0.1) is 0 Å². The Hall–Kier alpha value is -4.53. The Labute approximate surface area is 240 Å². The van der Waals surface area contributed by atoms with E-state index in [1.807, 2.05) is 4.57 Å². The molecule has 10 nitrogen and oxygen atoms in total. The maximum Gasteiger partial charge on any atom is 0.490 e. The third-order valence-corrected chi connectivity index (χ3v) is 7.66. The molecule has 2 fully saturated rings. The number of nitrogens with zero attached hydrogens (tertiary/aromatic N) is 5. The molecule has 43 heavy (non-hydrogen) atoms. The average Bonchev–Trinajstić information content (AvgIpc) is 3.67. The van der Waals surface area contributed by atoms with E-state index >= 15 is 0 Å². The van der Waals surface area contributed by atoms with Crippen molar-refractivity contribution >= 4 is 23.1 Å². The van der Waals surface area contributed by atoms with E-state index in [0.29, 0.717) is 35.1 Å². The van der Waals surface area contributed by atoms with Crippen molar-refractivity contribution < 1.29 is 31.9 Å². The fourth-order valence-corrected chi connectivity index (χ4v) is 5.51. The molecular weight excluding hydrogens is 579 g/mol. The molecule has 6 rings (SSSR count). The van der Waals surface area contributed by atoms with Gasteiger partial charge in [-0.3, -0.25) is 18.5 Å². The normalized spacial score (nSPS) is 18.0. The quantitative estimate of drug-likeness (QED) is 0.336. The summed E-state index contributed by atoms with van der Waals surface area (Å²) < 4.78 is 63.1. The smallest absolute Gasteiger partial charge is 0.475 e. The van der Waals surface area contributed by atoms with Gasteiger partial charge in [-0.25, -0.2) is 18.4 Å². The summed E-state index contributed by atoms with van der Waals surface area (Å²) >= 11 is 0. The lowest BCUT2D eigenvalue weighted by Gasteiger charge is -2.25. The standard InChI is InChI=1S/C26H26F2N6O2.C2HF3O2/c1-31-23-22(24(35)34(26(31)36)15-17-4-8-20(28)9-5-17)33(14-16-2-6-19(27)7-3-16)25(30-23)32-11-10-18-12-29-13-21(18)32;3-2(4,5)1(6)7/h2-9,18,21,29H,10-15H2,1H3;(H,6,7). The van der Waals surface area contributed by atoms with Crippen LogP contribution >= 0.6 is 0 Å². The molecule has 2 saturated heterocycles. The molecule has 0 saturated carbocycles. The first kappa shape index (κ1) is 29.9. The highest BCUT2D eigenvalue weighted by atomic mass is 19.4. The van der Waals surface area contributed by atoms with Crippen molar-refractivity contribution in [1.29, 1.82) is 0 Å². The summed E-state index contributed by atoms with van der Waals surface area (Å²) in [4.78, 5) is 43.0. The number of carbonyl (C=O) groups is 1. The van der Waals surface area contributed by atoms with Gasteiger partial charge in [0.1, 0.15) is 11.6 Å². The Balaban J connectivity index is 0.000000472. The Morgan fingerprint density at radius 3 is 2.02 bits per heavy atom. The molecule has 2 aliphatic rings. The number of nitrogens with one attached hydrogen (secondary N) is 1. The van der Waals surface area contributed by atoms with Crippen molar-refractivity contribution in [2.75, 3.05) is 24.5 Å². The van der Waals surface area contributed by atoms with Crippen LogP contribution in [-0.4, -0.2) is 61.6 Å². The summed E-state index contributed by atoms with van der Waals surface area (Å²) in [5.41, 5.74) is 1.13. The molecular formula is C28H27F5N6O4. The second kappa shape index (κ2) is 11.6. The van der Waals surface area contributed by atoms with Gasteiger partial charge in [-0.2, -0.15) is 18.2 Å². The highest BCUT2D eigenvalue weighted by Gasteiger charge is 2.40. The van der Waals surface area contributed by atoms with Crippen LogP contribution in [0.2, 0.25) is 0 Å². The summed E-state index contributed by atoms with van der Waals surface area (Å²) in [6.07, 6.45) is -4.06. The molecule has 228 valence electrons. The number of anilines is 1. The lowest BCUT2D eigenvalue weighted by atomic mass is 10.1. The van der Waals surface area contributed by atoms with Crippen LogP contribution in [0.4, 0.5) is 27.9 Å². The number of alkyl halides is 3. The first-order valence-electron chi connectivity index (χ1n) is 13.3. The lowest BCUT2D eigenvalue weighted by Crippen LogP contribution is -2.40. The molecule has 4 aromatic rings. The summed E-state index contributed by atoms with van der Waals surface area (Å²) in [6, 6.07) is 12.1. The Bertz CT molecular complexity index is 1760. The molecule has 0 aliphatic carbocycles. The number of rotatable bonds is 5. The van der Waals surface area contributed by atoms with Crippen LogP contribution in [0.3, 0.4) is 0 Å². The number of carboxylic acids is 1. The van der Waals surface area contributed by atoms with Gasteiger partial charge in [0.05, 0.1) is 13.1 Å². The van der Waals surface area contributed by atoms with Gasteiger partial charge >= 0.3 is 17.8 Å². The van der Waals surface area contributed by atoms with Crippen molar-refractivity contribution in [1.82, 2.24) is 24.0 Å². The number of halogens is 5. The molecule has 2 aliphatic heterocycles. The maximum atomic E-state index is 13.8. The molecule has 4 heterocycles. The van der Waals surface area contributed by atoms with Gasteiger partial charge in [0.2, 0.25) is 5.95 Å². The molecule has 0 amide bonds. The zero-order valence-corrected chi connectivity index (χ0v) is 22.8.